The summed E-state index contributed by atoms with van der Waals surface area (Å²) in [4.78, 5) is 12.0. The molecule has 23 heavy (non-hydrogen) atoms. The highest BCUT2D eigenvalue weighted by Crippen LogP contribution is 2.63. The van der Waals surface area contributed by atoms with Crippen LogP contribution in [0.5, 0.6) is 5.75 Å². The molecule has 2 atom stereocenters. The summed E-state index contributed by atoms with van der Waals surface area (Å²) in [7, 11) is 0. The Kier molecular flexibility index (Phi) is 4.13. The minimum absolute atomic E-state index is 0.0918. The van der Waals surface area contributed by atoms with Crippen LogP contribution < -0.4 is 10.2 Å². The molecule has 2 saturated carbocycles. The number of hydrogen-bond donors (Lipinski definition) is 1. The van der Waals surface area contributed by atoms with Gasteiger partial charge in [-0.05, 0) is 42.7 Å². The van der Waals surface area contributed by atoms with Crippen molar-refractivity contribution in [1.29, 1.82) is 0 Å². The molecule has 1 aromatic carbocycles. The van der Waals surface area contributed by atoms with Gasteiger partial charge in [0.05, 0.1) is 5.02 Å². The molecule has 1 N–H and O–H groups in total. The molecular weight excluding hydrogens is 312 g/mol. The van der Waals surface area contributed by atoms with Gasteiger partial charge in [0, 0.05) is 11.1 Å². The van der Waals surface area contributed by atoms with Crippen molar-refractivity contribution >= 4 is 23.2 Å². The molecule has 2 bridgehead atoms. The first-order valence-corrected chi connectivity index (χ1v) is 8.45. The molecule has 1 aromatic rings. The Morgan fingerprint density at radius 2 is 2.13 bits per heavy atom. The molecule has 124 valence electrons. The van der Waals surface area contributed by atoms with Crippen LogP contribution in [0.15, 0.2) is 29.4 Å². The van der Waals surface area contributed by atoms with Crippen LogP contribution in [0.2, 0.25) is 5.02 Å². The normalized spacial score (nSPS) is 29.7. The SMILES string of the molecule is CC1(C)[C@H]2CC[C@]1(C)/C(=N/NC(=O)COc1ccccc1Cl)C2. The fourth-order valence-corrected chi connectivity index (χ4v) is 4.15. The molecule has 0 aliphatic heterocycles. The van der Waals surface area contributed by atoms with Crippen LogP contribution in [-0.2, 0) is 4.79 Å². The van der Waals surface area contributed by atoms with Gasteiger partial charge in [-0.3, -0.25) is 4.79 Å². The van der Waals surface area contributed by atoms with Gasteiger partial charge in [-0.1, -0.05) is 44.5 Å². The van der Waals surface area contributed by atoms with Crippen LogP contribution in [0, 0.1) is 16.7 Å². The number of para-hydroxylation sites is 1. The maximum Gasteiger partial charge on any atom is 0.277 e. The van der Waals surface area contributed by atoms with E-state index in [1.807, 2.05) is 12.1 Å². The van der Waals surface area contributed by atoms with Crippen LogP contribution in [-0.4, -0.2) is 18.2 Å². The van der Waals surface area contributed by atoms with Gasteiger partial charge in [0.2, 0.25) is 0 Å². The highest BCUT2D eigenvalue weighted by molar-refractivity contribution is 6.32. The molecule has 5 heteroatoms. The predicted octanol–water partition coefficient (Wildman–Crippen LogP) is 4.04. The topological polar surface area (TPSA) is 50.7 Å². The monoisotopic (exact) mass is 334 g/mol. The second-order valence-electron chi connectivity index (χ2n) is 7.31. The average Bonchev–Trinajstić information content (AvgIpc) is 2.85. The van der Waals surface area contributed by atoms with Crippen molar-refractivity contribution in [3.8, 4) is 5.75 Å². The Balaban J connectivity index is 1.59. The maximum atomic E-state index is 12.0. The summed E-state index contributed by atoms with van der Waals surface area (Å²) in [5.74, 6) is 0.911. The summed E-state index contributed by atoms with van der Waals surface area (Å²) in [6.07, 6.45) is 3.39. The van der Waals surface area contributed by atoms with Crippen molar-refractivity contribution in [3.05, 3.63) is 29.3 Å². The number of halogens is 1. The number of benzene rings is 1. The van der Waals surface area contributed by atoms with E-state index in [4.69, 9.17) is 16.3 Å². The van der Waals surface area contributed by atoms with E-state index in [0.717, 1.165) is 18.6 Å². The number of carbonyl (C=O) groups is 1. The van der Waals surface area contributed by atoms with E-state index >= 15 is 0 Å². The van der Waals surface area contributed by atoms with Gasteiger partial charge in [0.15, 0.2) is 6.61 Å². The Labute approximate surface area is 142 Å². The first-order chi connectivity index (χ1) is 10.8. The van der Waals surface area contributed by atoms with E-state index in [9.17, 15) is 4.79 Å². The smallest absolute Gasteiger partial charge is 0.277 e. The van der Waals surface area contributed by atoms with E-state index in [1.165, 1.54) is 6.42 Å². The van der Waals surface area contributed by atoms with Crippen LogP contribution in [0.3, 0.4) is 0 Å². The lowest BCUT2D eigenvalue weighted by molar-refractivity contribution is -0.123. The zero-order chi connectivity index (χ0) is 16.7. The van der Waals surface area contributed by atoms with E-state index in [2.05, 4.69) is 31.3 Å². The molecular formula is C18H23ClN2O2. The summed E-state index contributed by atoms with van der Waals surface area (Å²) < 4.78 is 5.43. The third-order valence-electron chi connectivity index (χ3n) is 6.02. The van der Waals surface area contributed by atoms with Crippen LogP contribution in [0.1, 0.15) is 40.0 Å². The Hall–Kier alpha value is -1.55. The zero-order valence-corrected chi connectivity index (χ0v) is 14.6. The fourth-order valence-electron chi connectivity index (χ4n) is 3.96. The number of carbonyl (C=O) groups excluding carboxylic acids is 1. The fraction of sp³-hybridized carbons (Fsp3) is 0.556. The lowest BCUT2D eigenvalue weighted by Crippen LogP contribution is -2.35. The summed E-state index contributed by atoms with van der Waals surface area (Å²) >= 11 is 6.00. The predicted molar refractivity (Wildman–Crippen MR) is 91.8 cm³/mol. The van der Waals surface area contributed by atoms with E-state index in [0.29, 0.717) is 16.7 Å². The molecule has 0 aromatic heterocycles. The van der Waals surface area contributed by atoms with Crippen molar-refractivity contribution in [2.75, 3.05) is 6.61 Å². The molecule has 0 spiro atoms. The summed E-state index contributed by atoms with van der Waals surface area (Å²) in [5, 5.41) is 4.91. The quantitative estimate of drug-likeness (QED) is 0.845. The van der Waals surface area contributed by atoms with Gasteiger partial charge in [0.1, 0.15) is 5.75 Å². The summed E-state index contributed by atoms with van der Waals surface area (Å²) in [6, 6.07) is 7.10. The molecule has 0 unspecified atom stereocenters. The first-order valence-electron chi connectivity index (χ1n) is 8.08. The molecule has 1 amide bonds. The Bertz CT molecular complexity index is 656. The number of fused-ring (bicyclic) bond motifs is 2. The molecule has 2 fully saturated rings. The number of ether oxygens (including phenoxy) is 1. The molecule has 4 nitrogen and oxygen atoms in total. The van der Waals surface area contributed by atoms with Gasteiger partial charge in [0.25, 0.3) is 5.91 Å². The van der Waals surface area contributed by atoms with Crippen LogP contribution in [0.4, 0.5) is 0 Å². The van der Waals surface area contributed by atoms with Crippen molar-refractivity contribution in [2.24, 2.45) is 21.8 Å². The minimum atomic E-state index is -0.262. The second kappa shape index (κ2) is 5.82. The van der Waals surface area contributed by atoms with Gasteiger partial charge in [-0.15, -0.1) is 0 Å². The van der Waals surface area contributed by atoms with Crippen molar-refractivity contribution in [3.63, 3.8) is 0 Å². The van der Waals surface area contributed by atoms with Gasteiger partial charge in [-0.25, -0.2) is 5.43 Å². The molecule has 0 saturated heterocycles. The molecule has 2 aliphatic rings. The largest absolute Gasteiger partial charge is 0.482 e. The van der Waals surface area contributed by atoms with E-state index in [1.54, 1.807) is 12.1 Å². The number of nitrogens with one attached hydrogen (secondary N) is 1. The number of amides is 1. The van der Waals surface area contributed by atoms with Gasteiger partial charge >= 0.3 is 0 Å². The number of hydrogen-bond acceptors (Lipinski definition) is 3. The van der Waals surface area contributed by atoms with Crippen LogP contribution in [0.25, 0.3) is 0 Å². The Morgan fingerprint density at radius 1 is 1.39 bits per heavy atom. The Morgan fingerprint density at radius 3 is 2.74 bits per heavy atom. The second-order valence-corrected chi connectivity index (χ2v) is 7.71. The minimum Gasteiger partial charge on any atom is -0.482 e. The van der Waals surface area contributed by atoms with Crippen molar-refractivity contribution < 1.29 is 9.53 Å². The number of nitrogens with zero attached hydrogens (tertiary/aromatic N) is 1. The lowest BCUT2D eigenvalue weighted by Gasteiger charge is -2.34. The summed E-state index contributed by atoms with van der Waals surface area (Å²) in [6.45, 7) is 6.81. The van der Waals surface area contributed by atoms with E-state index < -0.39 is 0 Å². The highest BCUT2D eigenvalue weighted by Gasteiger charge is 2.59. The average molecular weight is 335 g/mol. The molecule has 0 radical (unpaired) electrons. The lowest BCUT2D eigenvalue weighted by atomic mass is 9.70. The summed E-state index contributed by atoms with van der Waals surface area (Å²) in [5.41, 5.74) is 4.11. The van der Waals surface area contributed by atoms with Gasteiger partial charge in [-0.2, -0.15) is 5.10 Å². The highest BCUT2D eigenvalue weighted by atomic mass is 35.5. The molecule has 3 rings (SSSR count). The standard InChI is InChI=1S/C18H23ClN2O2/c1-17(2)12-8-9-18(17,3)15(10-12)20-21-16(22)11-23-14-7-5-4-6-13(14)19/h4-7,12H,8-11H2,1-3H3,(H,21,22)/b20-15+/t12-,18+/m0/s1. The maximum absolute atomic E-state index is 12.0. The van der Waals surface area contributed by atoms with Crippen molar-refractivity contribution in [2.45, 2.75) is 40.0 Å². The molecule has 0 heterocycles. The number of hydrazone groups is 1. The van der Waals surface area contributed by atoms with Gasteiger partial charge < -0.3 is 4.74 Å². The zero-order valence-electron chi connectivity index (χ0n) is 13.9. The molecule has 2 aliphatic carbocycles. The number of rotatable bonds is 4. The first kappa shape index (κ1) is 16.3. The third-order valence-corrected chi connectivity index (χ3v) is 6.34. The van der Waals surface area contributed by atoms with E-state index in [-0.39, 0.29) is 23.3 Å². The third kappa shape index (κ3) is 2.74. The van der Waals surface area contributed by atoms with Crippen LogP contribution >= 0.6 is 11.6 Å². The van der Waals surface area contributed by atoms with Crippen molar-refractivity contribution in [1.82, 2.24) is 5.43 Å².